The van der Waals surface area contributed by atoms with E-state index in [1.54, 1.807) is 36.4 Å². The molecule has 0 amide bonds. The van der Waals surface area contributed by atoms with Crippen LogP contribution in [0.2, 0.25) is 0 Å². The van der Waals surface area contributed by atoms with Crippen LogP contribution in [0.3, 0.4) is 0 Å². The minimum atomic E-state index is -0.756. The van der Waals surface area contributed by atoms with Gasteiger partial charge in [0.2, 0.25) is 0 Å². The standard InChI is InChI=1S/C27H29FN6O2/c1-4-35-20-14-21(23(28)22(15-20)36-16(2)3)24(31-19-12-10-17(11-13-19)25(29)30)27-32-26(33-34-27)18-8-6-5-7-9-18/h5-16,24,31H,4H2,1-3H3,(H3,29,30)(H,32,33,34). The molecule has 0 bridgehead atoms. The number of nitrogens with one attached hydrogen (secondary N) is 3. The number of nitrogen functional groups attached to an aromatic ring is 1. The van der Waals surface area contributed by atoms with E-state index in [-0.39, 0.29) is 23.3 Å². The van der Waals surface area contributed by atoms with Crippen LogP contribution in [0.4, 0.5) is 10.1 Å². The summed E-state index contributed by atoms with van der Waals surface area (Å²) >= 11 is 0. The number of rotatable bonds is 10. The van der Waals surface area contributed by atoms with Crippen molar-refractivity contribution in [3.05, 3.63) is 89.5 Å². The maximum absolute atomic E-state index is 15.9. The van der Waals surface area contributed by atoms with Gasteiger partial charge in [-0.3, -0.25) is 10.5 Å². The Labute approximate surface area is 209 Å². The molecule has 0 radical (unpaired) electrons. The third kappa shape index (κ3) is 5.63. The second-order valence-electron chi connectivity index (χ2n) is 8.40. The molecular weight excluding hydrogens is 459 g/mol. The molecule has 0 saturated heterocycles. The van der Waals surface area contributed by atoms with Crippen molar-refractivity contribution in [1.82, 2.24) is 15.2 Å². The number of hydrogen-bond donors (Lipinski definition) is 4. The molecule has 0 spiro atoms. The molecule has 8 nitrogen and oxygen atoms in total. The number of hydrogen-bond acceptors (Lipinski definition) is 6. The van der Waals surface area contributed by atoms with E-state index in [9.17, 15) is 0 Å². The fraction of sp³-hybridized carbons (Fsp3) is 0.222. The van der Waals surface area contributed by atoms with Crippen molar-refractivity contribution >= 4 is 11.5 Å². The minimum Gasteiger partial charge on any atom is -0.494 e. The molecule has 9 heteroatoms. The lowest BCUT2D eigenvalue weighted by Gasteiger charge is -2.22. The average Bonchev–Trinajstić information content (AvgIpc) is 3.35. The van der Waals surface area contributed by atoms with Crippen molar-refractivity contribution in [1.29, 1.82) is 5.41 Å². The zero-order chi connectivity index (χ0) is 25.7. The summed E-state index contributed by atoms with van der Waals surface area (Å²) in [6.07, 6.45) is -0.232. The van der Waals surface area contributed by atoms with Gasteiger partial charge in [0.15, 0.2) is 23.2 Å². The second-order valence-corrected chi connectivity index (χ2v) is 8.40. The first-order valence-electron chi connectivity index (χ1n) is 11.7. The van der Waals surface area contributed by atoms with Crippen molar-refractivity contribution in [3.63, 3.8) is 0 Å². The van der Waals surface area contributed by atoms with Gasteiger partial charge in [-0.1, -0.05) is 30.3 Å². The summed E-state index contributed by atoms with van der Waals surface area (Å²) in [5.74, 6) is 0.907. The number of aromatic amines is 1. The van der Waals surface area contributed by atoms with Crippen LogP contribution in [0, 0.1) is 11.2 Å². The number of ether oxygens (including phenoxy) is 2. The lowest BCUT2D eigenvalue weighted by molar-refractivity contribution is 0.228. The van der Waals surface area contributed by atoms with Crippen molar-refractivity contribution in [3.8, 4) is 22.9 Å². The molecule has 0 fully saturated rings. The number of amidine groups is 1. The molecule has 1 unspecified atom stereocenters. The van der Waals surface area contributed by atoms with Crippen molar-refractivity contribution in [2.24, 2.45) is 5.73 Å². The highest BCUT2D eigenvalue weighted by atomic mass is 19.1. The number of benzene rings is 3. The number of nitrogens with two attached hydrogens (primary N) is 1. The van der Waals surface area contributed by atoms with Crippen LogP contribution in [0.25, 0.3) is 11.4 Å². The first kappa shape index (κ1) is 24.7. The highest BCUT2D eigenvalue weighted by Gasteiger charge is 2.26. The van der Waals surface area contributed by atoms with E-state index < -0.39 is 11.9 Å². The molecular formula is C27H29FN6O2. The van der Waals surface area contributed by atoms with E-state index in [1.165, 1.54) is 0 Å². The van der Waals surface area contributed by atoms with Gasteiger partial charge >= 0.3 is 0 Å². The zero-order valence-electron chi connectivity index (χ0n) is 20.4. The summed E-state index contributed by atoms with van der Waals surface area (Å²) < 4.78 is 27.3. The minimum absolute atomic E-state index is 0.0354. The molecule has 1 atom stereocenters. The third-order valence-corrected chi connectivity index (χ3v) is 5.34. The fourth-order valence-electron chi connectivity index (χ4n) is 3.72. The summed E-state index contributed by atoms with van der Waals surface area (Å²) in [6.45, 7) is 5.95. The lowest BCUT2D eigenvalue weighted by Crippen LogP contribution is -2.18. The number of H-pyrrole nitrogens is 1. The van der Waals surface area contributed by atoms with E-state index in [0.29, 0.717) is 35.3 Å². The Balaban J connectivity index is 1.81. The summed E-state index contributed by atoms with van der Waals surface area (Å²) in [5.41, 5.74) is 7.96. The van der Waals surface area contributed by atoms with E-state index in [2.05, 4.69) is 20.5 Å². The summed E-state index contributed by atoms with van der Waals surface area (Å²) in [6, 6.07) is 18.9. The molecule has 4 rings (SSSR count). The second kappa shape index (κ2) is 10.9. The van der Waals surface area contributed by atoms with E-state index >= 15 is 4.39 Å². The molecule has 0 saturated carbocycles. The molecule has 1 heterocycles. The van der Waals surface area contributed by atoms with Gasteiger partial charge in [0, 0.05) is 28.4 Å². The molecule has 0 aliphatic carbocycles. The topological polar surface area (TPSA) is 122 Å². The van der Waals surface area contributed by atoms with E-state index in [1.807, 2.05) is 51.1 Å². The molecule has 1 aromatic heterocycles. The van der Waals surface area contributed by atoms with Gasteiger partial charge in [-0.25, -0.2) is 9.37 Å². The Morgan fingerprint density at radius 3 is 2.47 bits per heavy atom. The Bertz CT molecular complexity index is 1320. The van der Waals surface area contributed by atoms with Gasteiger partial charge in [-0.05, 0) is 51.1 Å². The summed E-state index contributed by atoms with van der Waals surface area (Å²) in [7, 11) is 0. The Morgan fingerprint density at radius 1 is 1.11 bits per heavy atom. The lowest BCUT2D eigenvalue weighted by atomic mass is 10.0. The highest BCUT2D eigenvalue weighted by Crippen LogP contribution is 2.36. The largest absolute Gasteiger partial charge is 0.494 e. The average molecular weight is 489 g/mol. The summed E-state index contributed by atoms with van der Waals surface area (Å²) in [4.78, 5) is 4.67. The Kier molecular flexibility index (Phi) is 7.48. The van der Waals surface area contributed by atoms with Crippen LogP contribution in [0.15, 0.2) is 66.7 Å². The van der Waals surface area contributed by atoms with Crippen LogP contribution < -0.4 is 20.5 Å². The van der Waals surface area contributed by atoms with Crippen molar-refractivity contribution in [2.75, 3.05) is 11.9 Å². The van der Waals surface area contributed by atoms with Crippen LogP contribution in [-0.2, 0) is 0 Å². The molecule has 36 heavy (non-hydrogen) atoms. The van der Waals surface area contributed by atoms with E-state index in [0.717, 1.165) is 5.56 Å². The fourth-order valence-corrected chi connectivity index (χ4v) is 3.72. The quantitative estimate of drug-likeness (QED) is 0.178. The van der Waals surface area contributed by atoms with Gasteiger partial charge in [0.1, 0.15) is 17.6 Å². The molecule has 5 N–H and O–H groups in total. The van der Waals surface area contributed by atoms with Crippen LogP contribution in [0.5, 0.6) is 11.5 Å². The predicted octanol–water partition coefficient (Wildman–Crippen LogP) is 5.28. The smallest absolute Gasteiger partial charge is 0.181 e. The van der Waals surface area contributed by atoms with Gasteiger partial charge in [-0.2, -0.15) is 5.10 Å². The Morgan fingerprint density at radius 2 is 1.83 bits per heavy atom. The van der Waals surface area contributed by atoms with Crippen LogP contribution in [0.1, 0.15) is 43.8 Å². The normalized spacial score (nSPS) is 11.8. The first-order chi connectivity index (χ1) is 17.4. The van der Waals surface area contributed by atoms with Gasteiger partial charge in [0.25, 0.3) is 0 Å². The van der Waals surface area contributed by atoms with Crippen molar-refractivity contribution < 1.29 is 13.9 Å². The van der Waals surface area contributed by atoms with E-state index in [4.69, 9.17) is 20.6 Å². The maximum Gasteiger partial charge on any atom is 0.181 e. The first-order valence-corrected chi connectivity index (χ1v) is 11.7. The monoisotopic (exact) mass is 488 g/mol. The molecule has 3 aromatic carbocycles. The number of halogens is 1. The number of anilines is 1. The zero-order valence-corrected chi connectivity index (χ0v) is 20.4. The molecule has 4 aromatic rings. The number of aromatic nitrogens is 3. The van der Waals surface area contributed by atoms with Crippen molar-refractivity contribution in [2.45, 2.75) is 32.9 Å². The predicted molar refractivity (Wildman–Crippen MR) is 138 cm³/mol. The molecule has 186 valence electrons. The summed E-state index contributed by atoms with van der Waals surface area (Å²) in [5, 5.41) is 18.3. The van der Waals surface area contributed by atoms with Crippen LogP contribution >= 0.6 is 0 Å². The molecule has 0 aliphatic rings. The van der Waals surface area contributed by atoms with Gasteiger partial charge in [-0.15, -0.1) is 0 Å². The maximum atomic E-state index is 15.9. The number of nitrogens with zero attached hydrogens (tertiary/aromatic N) is 2. The van der Waals surface area contributed by atoms with Crippen LogP contribution in [-0.4, -0.2) is 33.7 Å². The highest BCUT2D eigenvalue weighted by molar-refractivity contribution is 5.95. The SMILES string of the molecule is CCOc1cc(OC(C)C)c(F)c(C(Nc2ccc(C(=N)N)cc2)c2nc(-c3ccccc3)n[nH]2)c1. The molecule has 0 aliphatic heterocycles. The third-order valence-electron chi connectivity index (χ3n) is 5.34. The Hall–Kier alpha value is -4.40. The van der Waals surface area contributed by atoms with Gasteiger partial charge < -0.3 is 20.5 Å². The van der Waals surface area contributed by atoms with Gasteiger partial charge in [0.05, 0.1) is 12.7 Å².